The summed E-state index contributed by atoms with van der Waals surface area (Å²) >= 11 is 0. The van der Waals surface area contributed by atoms with Crippen LogP contribution in [0.3, 0.4) is 0 Å². The highest BCUT2D eigenvalue weighted by Crippen LogP contribution is 2.19. The first kappa shape index (κ1) is 33.3. The zero-order valence-corrected chi connectivity index (χ0v) is 25.7. The molecular weight excluding hydrogens is 580 g/mol. The van der Waals surface area contributed by atoms with Crippen LogP contribution in [0.2, 0.25) is 0 Å². The van der Waals surface area contributed by atoms with Crippen molar-refractivity contribution in [1.82, 2.24) is 0 Å². The number of ether oxygens (including phenoxy) is 4. The van der Waals surface area contributed by atoms with Gasteiger partial charge in [0.15, 0.2) is 0 Å². The van der Waals surface area contributed by atoms with E-state index in [4.69, 9.17) is 29.5 Å². The van der Waals surface area contributed by atoms with Gasteiger partial charge in [-0.05, 0) is 110 Å². The van der Waals surface area contributed by atoms with Gasteiger partial charge in [0.25, 0.3) is 0 Å². The summed E-state index contributed by atoms with van der Waals surface area (Å²) in [7, 11) is 0. The molecule has 8 heteroatoms. The zero-order valence-electron chi connectivity index (χ0n) is 25.7. The molecule has 0 unspecified atom stereocenters. The summed E-state index contributed by atoms with van der Waals surface area (Å²) in [4.78, 5) is 24.7. The van der Waals surface area contributed by atoms with E-state index in [1.54, 1.807) is 97.1 Å². The molecule has 4 rings (SSSR count). The monoisotopic (exact) mass is 616 g/mol. The van der Waals surface area contributed by atoms with E-state index in [-0.39, 0.29) is 0 Å². The van der Waals surface area contributed by atoms with Crippen molar-refractivity contribution in [2.75, 3.05) is 13.2 Å². The van der Waals surface area contributed by atoms with Crippen LogP contribution in [0.15, 0.2) is 97.1 Å². The minimum absolute atomic E-state index is 0.391. The molecule has 0 radical (unpaired) electrons. The van der Waals surface area contributed by atoms with Crippen molar-refractivity contribution in [3.8, 4) is 35.1 Å². The van der Waals surface area contributed by atoms with E-state index in [1.165, 1.54) is 25.7 Å². The second-order valence-corrected chi connectivity index (χ2v) is 10.6. The predicted octanol–water partition coefficient (Wildman–Crippen LogP) is 8.45. The molecule has 0 fully saturated rings. The summed E-state index contributed by atoms with van der Waals surface area (Å²) in [5.41, 5.74) is 1.87. The Balaban J connectivity index is 0.983. The Morgan fingerprint density at radius 1 is 0.435 bits per heavy atom. The number of hydrogen-bond acceptors (Lipinski definition) is 8. The lowest BCUT2D eigenvalue weighted by Crippen LogP contribution is -2.08. The number of benzene rings is 4. The molecule has 0 heterocycles. The molecule has 0 aliphatic heterocycles. The summed E-state index contributed by atoms with van der Waals surface area (Å²) in [6.07, 6.45) is 8.88. The molecule has 0 amide bonds. The molecule has 0 saturated heterocycles. The maximum absolute atomic E-state index is 12.3. The highest BCUT2D eigenvalue weighted by molar-refractivity contribution is 5.91. The molecule has 0 aromatic heterocycles. The Labute approximate surface area is 269 Å². The third-order valence-corrected chi connectivity index (χ3v) is 7.14. The fourth-order valence-electron chi connectivity index (χ4n) is 4.55. The van der Waals surface area contributed by atoms with Gasteiger partial charge in [0.1, 0.15) is 23.0 Å². The summed E-state index contributed by atoms with van der Waals surface area (Å²) in [6, 6.07) is 30.7. The van der Waals surface area contributed by atoms with E-state index < -0.39 is 11.9 Å². The van der Waals surface area contributed by atoms with Crippen LogP contribution in [0, 0.1) is 22.7 Å². The molecule has 4 aromatic rings. The molecule has 8 nitrogen and oxygen atoms in total. The molecular formula is C38H36N2O6. The molecule has 0 N–H and O–H groups in total. The average Bonchev–Trinajstić information content (AvgIpc) is 3.10. The van der Waals surface area contributed by atoms with Gasteiger partial charge in [-0.25, -0.2) is 9.59 Å². The summed E-state index contributed by atoms with van der Waals surface area (Å²) < 4.78 is 22.3. The molecule has 234 valence electrons. The lowest BCUT2D eigenvalue weighted by atomic mass is 10.1. The lowest BCUT2D eigenvalue weighted by molar-refractivity contribution is 0.0725. The normalized spacial score (nSPS) is 10.3. The number of hydrogen-bond donors (Lipinski definition) is 0. The molecule has 0 saturated carbocycles. The van der Waals surface area contributed by atoms with Crippen molar-refractivity contribution in [3.63, 3.8) is 0 Å². The number of unbranched alkanes of at least 4 members (excludes halogenated alkanes) is 7. The van der Waals surface area contributed by atoms with Crippen LogP contribution in [0.25, 0.3) is 0 Å². The fourth-order valence-corrected chi connectivity index (χ4v) is 4.55. The second-order valence-electron chi connectivity index (χ2n) is 10.6. The molecule has 4 aromatic carbocycles. The maximum Gasteiger partial charge on any atom is 0.343 e. The van der Waals surface area contributed by atoms with Crippen molar-refractivity contribution in [2.45, 2.75) is 51.4 Å². The van der Waals surface area contributed by atoms with Crippen LogP contribution in [0.1, 0.15) is 83.2 Å². The van der Waals surface area contributed by atoms with Gasteiger partial charge in [0.05, 0.1) is 47.6 Å². The van der Waals surface area contributed by atoms with E-state index in [0.29, 0.717) is 47.0 Å². The Bertz CT molecular complexity index is 1490. The molecule has 0 bridgehead atoms. The van der Waals surface area contributed by atoms with Crippen molar-refractivity contribution < 1.29 is 28.5 Å². The third kappa shape index (κ3) is 11.2. The number of carbonyl (C=O) groups is 2. The van der Waals surface area contributed by atoms with Gasteiger partial charge >= 0.3 is 11.9 Å². The lowest BCUT2D eigenvalue weighted by Gasteiger charge is -2.08. The Hall–Kier alpha value is -5.60. The largest absolute Gasteiger partial charge is 0.494 e. The average molecular weight is 617 g/mol. The Morgan fingerprint density at radius 2 is 0.739 bits per heavy atom. The third-order valence-electron chi connectivity index (χ3n) is 7.14. The summed E-state index contributed by atoms with van der Waals surface area (Å²) in [5, 5.41) is 17.7. The highest BCUT2D eigenvalue weighted by Gasteiger charge is 2.10. The second kappa shape index (κ2) is 18.3. The van der Waals surface area contributed by atoms with Crippen LogP contribution >= 0.6 is 0 Å². The van der Waals surface area contributed by atoms with E-state index >= 15 is 0 Å². The van der Waals surface area contributed by atoms with Gasteiger partial charge in [0.2, 0.25) is 0 Å². The molecule has 0 atom stereocenters. The van der Waals surface area contributed by atoms with Crippen LogP contribution in [-0.2, 0) is 0 Å². The fraction of sp³-hybridized carbons (Fsp3) is 0.263. The van der Waals surface area contributed by atoms with Gasteiger partial charge in [-0.2, -0.15) is 10.5 Å². The zero-order chi connectivity index (χ0) is 32.4. The summed E-state index contributed by atoms with van der Waals surface area (Å²) in [5.74, 6) is 1.30. The first-order valence-corrected chi connectivity index (χ1v) is 15.4. The van der Waals surface area contributed by atoms with Crippen molar-refractivity contribution in [2.24, 2.45) is 0 Å². The minimum Gasteiger partial charge on any atom is -0.494 e. The molecule has 0 spiro atoms. The number of rotatable bonds is 17. The highest BCUT2D eigenvalue weighted by atomic mass is 16.5. The molecule has 0 aliphatic rings. The van der Waals surface area contributed by atoms with Crippen molar-refractivity contribution >= 4 is 11.9 Å². The Morgan fingerprint density at radius 3 is 1.07 bits per heavy atom. The van der Waals surface area contributed by atoms with E-state index in [0.717, 1.165) is 37.2 Å². The minimum atomic E-state index is -0.461. The first-order chi connectivity index (χ1) is 22.5. The number of esters is 2. The van der Waals surface area contributed by atoms with Gasteiger partial charge in [-0.1, -0.05) is 38.5 Å². The number of nitrogens with zero attached hydrogens (tertiary/aromatic N) is 2. The van der Waals surface area contributed by atoms with Gasteiger partial charge in [-0.3, -0.25) is 0 Å². The Kier molecular flexibility index (Phi) is 13.2. The van der Waals surface area contributed by atoms with E-state index in [2.05, 4.69) is 0 Å². The van der Waals surface area contributed by atoms with Gasteiger partial charge in [-0.15, -0.1) is 0 Å². The topological polar surface area (TPSA) is 119 Å². The smallest absolute Gasteiger partial charge is 0.343 e. The van der Waals surface area contributed by atoms with Gasteiger partial charge in [0, 0.05) is 0 Å². The van der Waals surface area contributed by atoms with Crippen molar-refractivity contribution in [3.05, 3.63) is 119 Å². The standard InChI is InChI=1S/C38H36N2O6/c39-27-29-9-17-35(18-10-29)45-37(41)31-13-21-33(22-14-31)43-25-7-5-3-1-2-4-6-8-26-44-34-23-15-32(16-24-34)38(42)46-36-19-11-30(28-40)12-20-36/h9-24H,1-8,25-26H2. The maximum atomic E-state index is 12.3. The summed E-state index contributed by atoms with van der Waals surface area (Å²) in [6.45, 7) is 1.26. The quantitative estimate of drug-likeness (QED) is 0.0659. The van der Waals surface area contributed by atoms with Crippen LogP contribution in [0.4, 0.5) is 0 Å². The first-order valence-electron chi connectivity index (χ1n) is 15.4. The SMILES string of the molecule is N#Cc1ccc(OC(=O)c2ccc(OCCCCCCCCCCOc3ccc(C(=O)Oc4ccc(C#N)cc4)cc3)cc2)cc1. The molecule has 46 heavy (non-hydrogen) atoms. The van der Waals surface area contributed by atoms with Gasteiger partial charge < -0.3 is 18.9 Å². The van der Waals surface area contributed by atoms with Crippen LogP contribution < -0.4 is 18.9 Å². The number of nitriles is 2. The van der Waals surface area contributed by atoms with Crippen molar-refractivity contribution in [1.29, 1.82) is 10.5 Å². The van der Waals surface area contributed by atoms with Crippen LogP contribution in [-0.4, -0.2) is 25.2 Å². The predicted molar refractivity (Wildman–Crippen MR) is 173 cm³/mol. The van der Waals surface area contributed by atoms with E-state index in [1.807, 2.05) is 12.1 Å². The molecule has 0 aliphatic carbocycles. The van der Waals surface area contributed by atoms with Crippen LogP contribution in [0.5, 0.6) is 23.0 Å². The van der Waals surface area contributed by atoms with E-state index in [9.17, 15) is 9.59 Å². The number of carbonyl (C=O) groups excluding carboxylic acids is 2.